The highest BCUT2D eigenvalue weighted by atomic mass is 35.5. The smallest absolute Gasteiger partial charge is 0.371 e. The standard InChI is InChI=1S/C29H49ClNO5P/c1-2-3-4-5-6-7-8-9-10-11-12-13-14-15-16-17-18-19-29(25-36-37(32,33)34)35-24-27-20-26(23-31)21-28(30)22-27/h20-22,29H,2-19,24-25H2,1H3,(H2,32,33,34). The van der Waals surface area contributed by atoms with Crippen molar-refractivity contribution in [3.8, 4) is 6.07 Å². The molecular weight excluding hydrogens is 509 g/mol. The molecule has 0 aliphatic rings. The van der Waals surface area contributed by atoms with Crippen molar-refractivity contribution < 1.29 is 23.6 Å². The molecule has 0 radical (unpaired) electrons. The van der Waals surface area contributed by atoms with E-state index in [2.05, 4.69) is 13.0 Å². The minimum absolute atomic E-state index is 0.172. The van der Waals surface area contributed by atoms with Gasteiger partial charge in [0.2, 0.25) is 0 Å². The van der Waals surface area contributed by atoms with Crippen LogP contribution in [-0.2, 0) is 20.4 Å². The van der Waals surface area contributed by atoms with Crippen molar-refractivity contribution >= 4 is 19.4 Å². The number of benzene rings is 1. The summed E-state index contributed by atoms with van der Waals surface area (Å²) in [5.41, 5.74) is 1.19. The molecule has 1 aromatic rings. The lowest BCUT2D eigenvalue weighted by Gasteiger charge is -2.18. The topological polar surface area (TPSA) is 99.8 Å². The molecule has 212 valence electrons. The van der Waals surface area contributed by atoms with E-state index in [1.807, 2.05) is 0 Å². The summed E-state index contributed by atoms with van der Waals surface area (Å²) in [7, 11) is -4.56. The summed E-state index contributed by atoms with van der Waals surface area (Å²) in [6.45, 7) is 2.29. The number of halogens is 1. The zero-order valence-corrected chi connectivity index (χ0v) is 24.5. The third-order valence-corrected chi connectivity index (χ3v) is 7.33. The molecule has 0 fully saturated rings. The lowest BCUT2D eigenvalue weighted by molar-refractivity contribution is -0.00375. The fourth-order valence-electron chi connectivity index (χ4n) is 4.50. The first-order valence-electron chi connectivity index (χ1n) is 14.3. The molecule has 37 heavy (non-hydrogen) atoms. The van der Waals surface area contributed by atoms with E-state index in [0.717, 1.165) is 24.8 Å². The molecule has 0 aromatic heterocycles. The molecule has 0 amide bonds. The van der Waals surface area contributed by atoms with Crippen molar-refractivity contribution in [3.05, 3.63) is 34.3 Å². The fourth-order valence-corrected chi connectivity index (χ4v) is 5.12. The van der Waals surface area contributed by atoms with Gasteiger partial charge in [-0.2, -0.15) is 5.26 Å². The van der Waals surface area contributed by atoms with E-state index in [1.54, 1.807) is 18.2 Å². The number of hydrogen-bond donors (Lipinski definition) is 2. The van der Waals surface area contributed by atoms with Gasteiger partial charge in [0.15, 0.2) is 0 Å². The first-order chi connectivity index (χ1) is 17.8. The van der Waals surface area contributed by atoms with Crippen LogP contribution < -0.4 is 0 Å². The van der Waals surface area contributed by atoms with Crippen LogP contribution in [0.4, 0.5) is 0 Å². The number of phosphoric ester groups is 1. The summed E-state index contributed by atoms with van der Waals surface area (Å²) < 4.78 is 21.7. The summed E-state index contributed by atoms with van der Waals surface area (Å²) in [5, 5.41) is 9.55. The molecule has 0 aliphatic heterocycles. The SMILES string of the molecule is CCCCCCCCCCCCCCCCCCCC(COP(=O)(O)O)OCc1cc(Cl)cc(C#N)c1. The van der Waals surface area contributed by atoms with Crippen LogP contribution in [0.3, 0.4) is 0 Å². The van der Waals surface area contributed by atoms with Crippen molar-refractivity contribution in [2.24, 2.45) is 0 Å². The minimum atomic E-state index is -4.56. The van der Waals surface area contributed by atoms with Crippen LogP contribution in [0, 0.1) is 11.3 Å². The predicted molar refractivity (Wildman–Crippen MR) is 152 cm³/mol. The third-order valence-electron chi connectivity index (χ3n) is 6.63. The van der Waals surface area contributed by atoms with Gasteiger partial charge in [0.1, 0.15) is 0 Å². The number of nitrogens with zero attached hydrogens (tertiary/aromatic N) is 1. The van der Waals surface area contributed by atoms with E-state index >= 15 is 0 Å². The number of unbranched alkanes of at least 4 members (excludes halogenated alkanes) is 16. The van der Waals surface area contributed by atoms with Crippen molar-refractivity contribution in [1.29, 1.82) is 5.26 Å². The second kappa shape index (κ2) is 21.9. The molecule has 0 bridgehead atoms. The van der Waals surface area contributed by atoms with Gasteiger partial charge in [-0.3, -0.25) is 4.52 Å². The number of nitriles is 1. The van der Waals surface area contributed by atoms with Crippen LogP contribution in [-0.4, -0.2) is 22.5 Å². The van der Waals surface area contributed by atoms with Crippen molar-refractivity contribution in [1.82, 2.24) is 0 Å². The molecule has 0 spiro atoms. The van der Waals surface area contributed by atoms with E-state index in [4.69, 9.17) is 35.9 Å². The van der Waals surface area contributed by atoms with Crippen LogP contribution in [0.25, 0.3) is 0 Å². The zero-order valence-electron chi connectivity index (χ0n) is 22.8. The maximum Gasteiger partial charge on any atom is 0.469 e. The molecule has 1 aromatic carbocycles. The number of rotatable bonds is 24. The third kappa shape index (κ3) is 20.7. The Morgan fingerprint density at radius 2 is 1.32 bits per heavy atom. The van der Waals surface area contributed by atoms with Gasteiger partial charge < -0.3 is 14.5 Å². The van der Waals surface area contributed by atoms with Gasteiger partial charge in [0, 0.05) is 5.02 Å². The molecule has 2 N–H and O–H groups in total. The lowest BCUT2D eigenvalue weighted by atomic mass is 10.0. The highest BCUT2D eigenvalue weighted by Gasteiger charge is 2.19. The maximum absolute atomic E-state index is 11.1. The van der Waals surface area contributed by atoms with Gasteiger partial charge in [0.25, 0.3) is 0 Å². The van der Waals surface area contributed by atoms with Crippen molar-refractivity contribution in [2.45, 2.75) is 135 Å². The zero-order chi connectivity index (χ0) is 27.2. The molecule has 1 atom stereocenters. The molecule has 0 saturated carbocycles. The Bertz CT molecular complexity index is 795. The Labute approximate surface area is 230 Å². The van der Waals surface area contributed by atoms with Crippen molar-refractivity contribution in [2.75, 3.05) is 6.61 Å². The molecule has 0 aliphatic carbocycles. The molecule has 6 nitrogen and oxygen atoms in total. The quantitative estimate of drug-likeness (QED) is 0.0970. The highest BCUT2D eigenvalue weighted by molar-refractivity contribution is 7.46. The monoisotopic (exact) mass is 557 g/mol. The first-order valence-corrected chi connectivity index (χ1v) is 16.3. The Hall–Kier alpha value is -0.930. The molecule has 0 saturated heterocycles. The van der Waals surface area contributed by atoms with Crippen LogP contribution in [0.15, 0.2) is 18.2 Å². The first kappa shape index (κ1) is 34.1. The average Bonchev–Trinajstić information content (AvgIpc) is 2.86. The molecule has 1 unspecified atom stereocenters. The number of hydrogen-bond acceptors (Lipinski definition) is 4. The van der Waals surface area contributed by atoms with E-state index in [-0.39, 0.29) is 13.2 Å². The minimum Gasteiger partial charge on any atom is -0.371 e. The van der Waals surface area contributed by atoms with Crippen LogP contribution >= 0.6 is 19.4 Å². The average molecular weight is 558 g/mol. The van der Waals surface area contributed by atoms with Gasteiger partial charge in [-0.1, -0.05) is 128 Å². The second-order valence-corrected chi connectivity index (χ2v) is 11.8. The molecule has 0 heterocycles. The van der Waals surface area contributed by atoms with E-state index in [9.17, 15) is 4.57 Å². The number of ether oxygens (including phenoxy) is 1. The van der Waals surface area contributed by atoms with Gasteiger partial charge in [-0.15, -0.1) is 0 Å². The normalized spacial score (nSPS) is 12.5. The Kier molecular flexibility index (Phi) is 20.2. The van der Waals surface area contributed by atoms with Gasteiger partial charge in [-0.25, -0.2) is 4.57 Å². The predicted octanol–water partition coefficient (Wildman–Crippen LogP) is 9.25. The van der Waals surface area contributed by atoms with Gasteiger partial charge >= 0.3 is 7.82 Å². The fraction of sp³-hybridized carbons (Fsp3) is 0.759. The van der Waals surface area contributed by atoms with Crippen LogP contribution in [0.1, 0.15) is 134 Å². The van der Waals surface area contributed by atoms with Crippen LogP contribution in [0.5, 0.6) is 0 Å². The maximum atomic E-state index is 11.1. The Morgan fingerprint density at radius 3 is 1.78 bits per heavy atom. The summed E-state index contributed by atoms with van der Waals surface area (Å²) in [5.74, 6) is 0. The molecular formula is C29H49ClNO5P. The summed E-state index contributed by atoms with van der Waals surface area (Å²) in [4.78, 5) is 18.1. The second-order valence-electron chi connectivity index (χ2n) is 10.1. The Morgan fingerprint density at radius 1 is 0.838 bits per heavy atom. The molecule has 8 heteroatoms. The van der Waals surface area contributed by atoms with E-state index in [0.29, 0.717) is 17.0 Å². The number of phosphoric acid groups is 1. The largest absolute Gasteiger partial charge is 0.469 e. The Balaban J connectivity index is 2.12. The van der Waals surface area contributed by atoms with E-state index in [1.165, 1.54) is 89.9 Å². The highest BCUT2D eigenvalue weighted by Crippen LogP contribution is 2.36. The van der Waals surface area contributed by atoms with E-state index < -0.39 is 13.9 Å². The van der Waals surface area contributed by atoms with Gasteiger partial charge in [-0.05, 0) is 30.2 Å². The van der Waals surface area contributed by atoms with Crippen molar-refractivity contribution in [3.63, 3.8) is 0 Å². The van der Waals surface area contributed by atoms with Gasteiger partial charge in [0.05, 0.1) is 31.0 Å². The summed E-state index contributed by atoms with van der Waals surface area (Å²) in [6.07, 6.45) is 22.4. The summed E-state index contributed by atoms with van der Waals surface area (Å²) >= 11 is 6.05. The molecule has 1 rings (SSSR count). The summed E-state index contributed by atoms with van der Waals surface area (Å²) in [6, 6.07) is 7.06. The lowest BCUT2D eigenvalue weighted by Crippen LogP contribution is -2.19. The van der Waals surface area contributed by atoms with Crippen LogP contribution in [0.2, 0.25) is 5.02 Å².